The third kappa shape index (κ3) is 2.73. The molecule has 0 bridgehead atoms. The van der Waals surface area contributed by atoms with E-state index in [-0.39, 0.29) is 0 Å². The van der Waals surface area contributed by atoms with E-state index in [2.05, 4.69) is 20.8 Å². The molecule has 2 atom stereocenters. The Kier molecular flexibility index (Phi) is 4.43. The largest absolute Gasteiger partial charge is 0.390 e. The topological polar surface area (TPSA) is 20.2 Å². The Morgan fingerprint density at radius 1 is 1.21 bits per heavy atom. The molecule has 0 spiro atoms. The van der Waals surface area contributed by atoms with Gasteiger partial charge in [-0.05, 0) is 31.6 Å². The third-order valence-corrected chi connectivity index (χ3v) is 4.29. The Labute approximate surface area is 88.9 Å². The smallest absolute Gasteiger partial charge is 0.0673 e. The zero-order valence-corrected chi connectivity index (χ0v) is 10.1. The zero-order chi connectivity index (χ0) is 10.6. The van der Waals surface area contributed by atoms with Crippen molar-refractivity contribution >= 4 is 0 Å². The van der Waals surface area contributed by atoms with Crippen LogP contribution in [0.2, 0.25) is 0 Å². The summed E-state index contributed by atoms with van der Waals surface area (Å²) in [5.74, 6) is 0.977. The highest BCUT2D eigenvalue weighted by Gasteiger charge is 2.35. The van der Waals surface area contributed by atoms with Gasteiger partial charge in [-0.1, -0.05) is 46.0 Å². The van der Waals surface area contributed by atoms with Gasteiger partial charge >= 0.3 is 0 Å². The normalized spacial score (nSPS) is 26.6. The Bertz CT molecular complexity index is 155. The fourth-order valence-corrected chi connectivity index (χ4v) is 2.68. The molecule has 1 fully saturated rings. The maximum atomic E-state index is 10.5. The molecule has 14 heavy (non-hydrogen) atoms. The maximum Gasteiger partial charge on any atom is 0.0673 e. The van der Waals surface area contributed by atoms with E-state index >= 15 is 0 Å². The minimum absolute atomic E-state index is 0.431. The summed E-state index contributed by atoms with van der Waals surface area (Å²) in [6.07, 6.45) is 8.92. The molecule has 0 aromatic heterocycles. The lowest BCUT2D eigenvalue weighted by Gasteiger charge is -2.37. The van der Waals surface area contributed by atoms with E-state index in [9.17, 15) is 5.11 Å². The molecule has 0 saturated heterocycles. The van der Waals surface area contributed by atoms with E-state index in [0.29, 0.717) is 11.8 Å². The van der Waals surface area contributed by atoms with Gasteiger partial charge in [-0.25, -0.2) is 0 Å². The molecular weight excluding hydrogens is 172 g/mol. The molecule has 0 aromatic rings. The van der Waals surface area contributed by atoms with Gasteiger partial charge in [0.25, 0.3) is 0 Å². The molecule has 1 aliphatic carbocycles. The second kappa shape index (κ2) is 5.16. The predicted octanol–water partition coefficient (Wildman–Crippen LogP) is 3.75. The van der Waals surface area contributed by atoms with E-state index in [1.165, 1.54) is 38.5 Å². The van der Waals surface area contributed by atoms with Crippen molar-refractivity contribution in [1.29, 1.82) is 0 Å². The molecule has 1 rings (SSSR count). The summed E-state index contributed by atoms with van der Waals surface area (Å²) >= 11 is 0. The molecule has 0 amide bonds. The standard InChI is InChI=1S/C13H26O/c1-4-11(2)13(3,14)12-9-7-5-6-8-10-12/h11-12,14H,4-10H2,1-3H3. The van der Waals surface area contributed by atoms with Gasteiger partial charge in [0.15, 0.2) is 0 Å². The molecule has 1 saturated carbocycles. The van der Waals surface area contributed by atoms with Crippen LogP contribution < -0.4 is 0 Å². The Balaban J connectivity index is 2.59. The van der Waals surface area contributed by atoms with Crippen molar-refractivity contribution in [3.8, 4) is 0 Å². The molecule has 1 heteroatoms. The minimum atomic E-state index is -0.431. The summed E-state index contributed by atoms with van der Waals surface area (Å²) in [4.78, 5) is 0. The van der Waals surface area contributed by atoms with E-state index in [1.807, 2.05) is 0 Å². The first kappa shape index (κ1) is 12.0. The molecule has 84 valence electrons. The van der Waals surface area contributed by atoms with Crippen LogP contribution in [-0.4, -0.2) is 10.7 Å². The van der Waals surface area contributed by atoms with Crippen LogP contribution in [-0.2, 0) is 0 Å². The first-order valence-corrected chi connectivity index (χ1v) is 6.31. The average Bonchev–Trinajstić information content (AvgIpc) is 2.44. The van der Waals surface area contributed by atoms with E-state index in [0.717, 1.165) is 6.42 Å². The van der Waals surface area contributed by atoms with Gasteiger partial charge in [0.1, 0.15) is 0 Å². The summed E-state index contributed by atoms with van der Waals surface area (Å²) in [5.41, 5.74) is -0.431. The van der Waals surface area contributed by atoms with Gasteiger partial charge in [-0.3, -0.25) is 0 Å². The summed E-state index contributed by atoms with van der Waals surface area (Å²) in [7, 11) is 0. The molecular formula is C13H26O. The molecule has 1 aliphatic rings. The second-order valence-corrected chi connectivity index (χ2v) is 5.22. The molecule has 1 nitrogen and oxygen atoms in total. The van der Waals surface area contributed by atoms with Crippen LogP contribution in [0.4, 0.5) is 0 Å². The Hall–Kier alpha value is -0.0400. The van der Waals surface area contributed by atoms with Crippen LogP contribution in [0.3, 0.4) is 0 Å². The molecule has 2 unspecified atom stereocenters. The summed E-state index contributed by atoms with van der Waals surface area (Å²) < 4.78 is 0. The predicted molar refractivity (Wildman–Crippen MR) is 61.3 cm³/mol. The van der Waals surface area contributed by atoms with Crippen LogP contribution in [0.5, 0.6) is 0 Å². The molecule has 0 aliphatic heterocycles. The fourth-order valence-electron chi connectivity index (χ4n) is 2.68. The van der Waals surface area contributed by atoms with Crippen LogP contribution in [0.1, 0.15) is 65.7 Å². The number of rotatable bonds is 3. The Morgan fingerprint density at radius 2 is 1.71 bits per heavy atom. The van der Waals surface area contributed by atoms with Crippen LogP contribution in [0.25, 0.3) is 0 Å². The van der Waals surface area contributed by atoms with Gasteiger partial charge < -0.3 is 5.11 Å². The summed E-state index contributed by atoms with van der Waals surface area (Å²) in [6, 6.07) is 0. The van der Waals surface area contributed by atoms with Crippen LogP contribution in [0, 0.1) is 11.8 Å². The van der Waals surface area contributed by atoms with Crippen molar-refractivity contribution in [2.75, 3.05) is 0 Å². The summed E-state index contributed by atoms with van der Waals surface area (Å²) in [6.45, 7) is 6.41. The zero-order valence-electron chi connectivity index (χ0n) is 10.1. The number of hydrogen-bond donors (Lipinski definition) is 1. The lowest BCUT2D eigenvalue weighted by molar-refractivity contribution is -0.0543. The molecule has 0 radical (unpaired) electrons. The van der Waals surface area contributed by atoms with Gasteiger partial charge in [0.2, 0.25) is 0 Å². The number of aliphatic hydroxyl groups is 1. The first-order chi connectivity index (χ1) is 6.59. The highest BCUT2D eigenvalue weighted by atomic mass is 16.3. The average molecular weight is 198 g/mol. The van der Waals surface area contributed by atoms with Gasteiger partial charge in [0.05, 0.1) is 5.60 Å². The highest BCUT2D eigenvalue weighted by Crippen LogP contribution is 2.37. The van der Waals surface area contributed by atoms with Gasteiger partial charge in [-0.2, -0.15) is 0 Å². The summed E-state index contributed by atoms with van der Waals surface area (Å²) in [5, 5.41) is 10.5. The van der Waals surface area contributed by atoms with Crippen molar-refractivity contribution in [3.05, 3.63) is 0 Å². The second-order valence-electron chi connectivity index (χ2n) is 5.22. The van der Waals surface area contributed by atoms with E-state index in [1.54, 1.807) is 0 Å². The number of hydrogen-bond acceptors (Lipinski definition) is 1. The van der Waals surface area contributed by atoms with Crippen molar-refractivity contribution in [2.24, 2.45) is 11.8 Å². The minimum Gasteiger partial charge on any atom is -0.390 e. The Morgan fingerprint density at radius 3 is 2.14 bits per heavy atom. The highest BCUT2D eigenvalue weighted by molar-refractivity contribution is 4.87. The lowest BCUT2D eigenvalue weighted by Crippen LogP contribution is -2.40. The van der Waals surface area contributed by atoms with Crippen molar-refractivity contribution in [1.82, 2.24) is 0 Å². The molecule has 0 heterocycles. The van der Waals surface area contributed by atoms with Crippen LogP contribution in [0.15, 0.2) is 0 Å². The molecule has 1 N–H and O–H groups in total. The first-order valence-electron chi connectivity index (χ1n) is 6.31. The molecule has 0 aromatic carbocycles. The van der Waals surface area contributed by atoms with Crippen molar-refractivity contribution in [3.63, 3.8) is 0 Å². The van der Waals surface area contributed by atoms with E-state index in [4.69, 9.17) is 0 Å². The SMILES string of the molecule is CCC(C)C(C)(O)C1CCCCCC1. The van der Waals surface area contributed by atoms with E-state index < -0.39 is 5.60 Å². The maximum absolute atomic E-state index is 10.5. The quantitative estimate of drug-likeness (QED) is 0.685. The van der Waals surface area contributed by atoms with Crippen molar-refractivity contribution < 1.29 is 5.11 Å². The van der Waals surface area contributed by atoms with Crippen molar-refractivity contribution in [2.45, 2.75) is 71.3 Å². The van der Waals surface area contributed by atoms with Gasteiger partial charge in [0, 0.05) is 0 Å². The lowest BCUT2D eigenvalue weighted by atomic mass is 9.74. The van der Waals surface area contributed by atoms with Gasteiger partial charge in [-0.15, -0.1) is 0 Å². The monoisotopic (exact) mass is 198 g/mol. The van der Waals surface area contributed by atoms with Crippen LogP contribution >= 0.6 is 0 Å². The fraction of sp³-hybridized carbons (Fsp3) is 1.00. The third-order valence-electron chi connectivity index (χ3n) is 4.29.